The molecular weight excluding hydrogens is 228 g/mol. The van der Waals surface area contributed by atoms with Gasteiger partial charge in [-0.3, -0.25) is 9.78 Å². The van der Waals surface area contributed by atoms with Gasteiger partial charge in [-0.05, 0) is 18.8 Å². The third-order valence-corrected chi connectivity index (χ3v) is 3.55. The molecule has 2 aromatic heterocycles. The predicted octanol–water partition coefficient (Wildman–Crippen LogP) is 1.60. The molecule has 1 amide bonds. The van der Waals surface area contributed by atoms with Crippen molar-refractivity contribution in [3.8, 4) is 0 Å². The molecule has 1 aliphatic heterocycles. The number of carbonyl (C=O) groups excluding carboxylic acids is 1. The van der Waals surface area contributed by atoms with E-state index in [0.717, 1.165) is 31.8 Å². The van der Waals surface area contributed by atoms with Crippen molar-refractivity contribution < 1.29 is 4.79 Å². The first-order valence-corrected chi connectivity index (χ1v) is 6.32. The summed E-state index contributed by atoms with van der Waals surface area (Å²) >= 11 is 0. The number of hydrogen-bond donors (Lipinski definition) is 0. The number of rotatable bonds is 1. The van der Waals surface area contributed by atoms with Crippen molar-refractivity contribution >= 4 is 11.6 Å². The first-order chi connectivity index (χ1) is 8.74. The second kappa shape index (κ2) is 4.40. The van der Waals surface area contributed by atoms with E-state index in [2.05, 4.69) is 16.9 Å². The van der Waals surface area contributed by atoms with Crippen molar-refractivity contribution in [3.63, 3.8) is 0 Å². The van der Waals surface area contributed by atoms with Crippen LogP contribution < -0.4 is 0 Å². The molecule has 0 bridgehead atoms. The van der Waals surface area contributed by atoms with E-state index < -0.39 is 0 Å². The molecule has 0 N–H and O–H groups in total. The van der Waals surface area contributed by atoms with Gasteiger partial charge in [0, 0.05) is 31.7 Å². The minimum absolute atomic E-state index is 0.0330. The van der Waals surface area contributed by atoms with Crippen molar-refractivity contribution in [1.82, 2.24) is 19.3 Å². The van der Waals surface area contributed by atoms with E-state index >= 15 is 0 Å². The van der Waals surface area contributed by atoms with Crippen LogP contribution in [-0.4, -0.2) is 38.3 Å². The Hall–Kier alpha value is -1.91. The van der Waals surface area contributed by atoms with Gasteiger partial charge in [-0.2, -0.15) is 0 Å². The largest absolute Gasteiger partial charge is 0.337 e. The Balaban J connectivity index is 1.83. The van der Waals surface area contributed by atoms with Crippen molar-refractivity contribution in [2.45, 2.75) is 19.8 Å². The summed E-state index contributed by atoms with van der Waals surface area (Å²) in [4.78, 5) is 22.5. The summed E-state index contributed by atoms with van der Waals surface area (Å²) in [6, 6.07) is 0. The van der Waals surface area contributed by atoms with E-state index in [1.54, 1.807) is 24.8 Å². The van der Waals surface area contributed by atoms with E-state index in [9.17, 15) is 4.79 Å². The lowest BCUT2D eigenvalue weighted by atomic mass is 9.99. The number of hydrogen-bond acceptors (Lipinski definition) is 3. The second-order valence-electron chi connectivity index (χ2n) is 4.94. The van der Waals surface area contributed by atoms with Crippen LogP contribution >= 0.6 is 0 Å². The molecule has 5 nitrogen and oxygen atoms in total. The molecule has 94 valence electrons. The second-order valence-corrected chi connectivity index (χ2v) is 4.94. The zero-order chi connectivity index (χ0) is 12.5. The molecule has 18 heavy (non-hydrogen) atoms. The normalized spacial score (nSPS) is 17.3. The predicted molar refractivity (Wildman–Crippen MR) is 67.3 cm³/mol. The molecule has 5 heteroatoms. The zero-order valence-electron chi connectivity index (χ0n) is 10.4. The molecule has 0 aliphatic carbocycles. The van der Waals surface area contributed by atoms with Gasteiger partial charge in [-0.1, -0.05) is 6.92 Å². The van der Waals surface area contributed by atoms with Gasteiger partial charge in [-0.25, -0.2) is 4.98 Å². The first-order valence-electron chi connectivity index (χ1n) is 6.32. The van der Waals surface area contributed by atoms with Crippen molar-refractivity contribution in [2.24, 2.45) is 5.92 Å². The van der Waals surface area contributed by atoms with Crippen molar-refractivity contribution in [1.29, 1.82) is 0 Å². The Bertz CT molecular complexity index is 536. The van der Waals surface area contributed by atoms with Crippen molar-refractivity contribution in [2.75, 3.05) is 13.1 Å². The molecule has 1 aliphatic rings. The third kappa shape index (κ3) is 1.96. The Kier molecular flexibility index (Phi) is 2.74. The van der Waals surface area contributed by atoms with E-state index in [4.69, 9.17) is 0 Å². The Morgan fingerprint density at radius 3 is 2.89 bits per heavy atom. The number of amides is 1. The van der Waals surface area contributed by atoms with E-state index in [1.807, 2.05) is 9.30 Å². The van der Waals surface area contributed by atoms with Crippen LogP contribution in [-0.2, 0) is 0 Å². The van der Waals surface area contributed by atoms with E-state index in [0.29, 0.717) is 11.3 Å². The number of likely N-dealkylation sites (tertiary alicyclic amines) is 1. The number of nitrogens with zero attached hydrogens (tertiary/aromatic N) is 4. The molecule has 1 fully saturated rings. The van der Waals surface area contributed by atoms with Gasteiger partial charge < -0.3 is 9.30 Å². The van der Waals surface area contributed by atoms with Crippen LogP contribution in [0.2, 0.25) is 0 Å². The van der Waals surface area contributed by atoms with Crippen LogP contribution in [0.15, 0.2) is 24.8 Å². The van der Waals surface area contributed by atoms with Gasteiger partial charge in [0.1, 0.15) is 5.69 Å². The standard InChI is InChI=1S/C13H16N4O/c1-10-2-5-16(6-3-10)13(18)11-9-17-7-4-14-8-12(17)15-11/h4,7-10H,2-3,5-6H2,1H3. The number of carbonyl (C=O) groups is 1. The number of piperidine rings is 1. The van der Waals surface area contributed by atoms with Gasteiger partial charge in [0.25, 0.3) is 5.91 Å². The van der Waals surface area contributed by atoms with Gasteiger partial charge in [0.15, 0.2) is 5.65 Å². The molecular formula is C13H16N4O. The van der Waals surface area contributed by atoms with Gasteiger partial charge >= 0.3 is 0 Å². The summed E-state index contributed by atoms with van der Waals surface area (Å²) in [5, 5.41) is 0. The van der Waals surface area contributed by atoms with Crippen LogP contribution in [0, 0.1) is 5.92 Å². The summed E-state index contributed by atoms with van der Waals surface area (Å²) in [5.41, 5.74) is 1.23. The molecule has 0 atom stereocenters. The highest BCUT2D eigenvalue weighted by Crippen LogP contribution is 2.18. The lowest BCUT2D eigenvalue weighted by Crippen LogP contribution is -2.38. The lowest BCUT2D eigenvalue weighted by Gasteiger charge is -2.29. The summed E-state index contributed by atoms with van der Waals surface area (Å²) in [6.07, 6.45) is 9.09. The Morgan fingerprint density at radius 1 is 1.39 bits per heavy atom. The highest BCUT2D eigenvalue weighted by atomic mass is 16.2. The average molecular weight is 244 g/mol. The molecule has 3 heterocycles. The molecule has 1 saturated heterocycles. The third-order valence-electron chi connectivity index (χ3n) is 3.55. The Morgan fingerprint density at radius 2 is 2.17 bits per heavy atom. The average Bonchev–Trinajstić information content (AvgIpc) is 2.82. The lowest BCUT2D eigenvalue weighted by molar-refractivity contribution is 0.0692. The molecule has 0 aromatic carbocycles. The molecule has 2 aromatic rings. The first kappa shape index (κ1) is 11.2. The van der Waals surface area contributed by atoms with Crippen LogP contribution in [0.5, 0.6) is 0 Å². The summed E-state index contributed by atoms with van der Waals surface area (Å²) in [5.74, 6) is 0.755. The molecule has 0 spiro atoms. The smallest absolute Gasteiger partial charge is 0.274 e. The molecule has 0 radical (unpaired) electrons. The molecule has 0 unspecified atom stereocenters. The molecule has 0 saturated carbocycles. The summed E-state index contributed by atoms with van der Waals surface area (Å²) in [7, 11) is 0. The van der Waals surface area contributed by atoms with Crippen molar-refractivity contribution in [3.05, 3.63) is 30.5 Å². The SMILES string of the molecule is CC1CCN(C(=O)c2cn3ccncc3n2)CC1. The maximum atomic E-state index is 12.3. The van der Waals surface area contributed by atoms with Crippen LogP contribution in [0.3, 0.4) is 0 Å². The maximum Gasteiger partial charge on any atom is 0.274 e. The minimum Gasteiger partial charge on any atom is -0.337 e. The molecule has 3 rings (SSSR count). The zero-order valence-corrected chi connectivity index (χ0v) is 10.4. The number of aromatic nitrogens is 3. The minimum atomic E-state index is 0.0330. The fourth-order valence-electron chi connectivity index (χ4n) is 2.32. The van der Waals surface area contributed by atoms with Gasteiger partial charge in [0.05, 0.1) is 6.20 Å². The highest BCUT2D eigenvalue weighted by Gasteiger charge is 2.23. The van der Waals surface area contributed by atoms with E-state index in [-0.39, 0.29) is 5.91 Å². The summed E-state index contributed by atoms with van der Waals surface area (Å²) in [6.45, 7) is 3.91. The van der Waals surface area contributed by atoms with Gasteiger partial charge in [-0.15, -0.1) is 0 Å². The Labute approximate surface area is 105 Å². The van der Waals surface area contributed by atoms with Gasteiger partial charge in [0.2, 0.25) is 0 Å². The van der Waals surface area contributed by atoms with Crippen LogP contribution in [0.4, 0.5) is 0 Å². The van der Waals surface area contributed by atoms with E-state index in [1.165, 1.54) is 0 Å². The fourth-order valence-corrected chi connectivity index (χ4v) is 2.32. The van der Waals surface area contributed by atoms with Crippen LogP contribution in [0.25, 0.3) is 5.65 Å². The number of imidazole rings is 1. The monoisotopic (exact) mass is 244 g/mol. The summed E-state index contributed by atoms with van der Waals surface area (Å²) < 4.78 is 1.83. The van der Waals surface area contributed by atoms with Crippen LogP contribution in [0.1, 0.15) is 30.3 Å². The quantitative estimate of drug-likeness (QED) is 0.765. The maximum absolute atomic E-state index is 12.3. The topological polar surface area (TPSA) is 50.5 Å². The number of fused-ring (bicyclic) bond motifs is 1. The fraction of sp³-hybridized carbons (Fsp3) is 0.462. The highest BCUT2D eigenvalue weighted by molar-refractivity contribution is 5.92.